The molecule has 3 aromatic carbocycles. The van der Waals surface area contributed by atoms with Crippen LogP contribution in [-0.2, 0) is 14.4 Å². The molecule has 0 fully saturated rings. The average Bonchev–Trinajstić information content (AvgIpc) is 2.81. The molecule has 0 radical (unpaired) electrons. The van der Waals surface area contributed by atoms with Gasteiger partial charge in [-0.3, -0.25) is 14.4 Å². The smallest absolute Gasteiger partial charge is 0.329 e. The van der Waals surface area contributed by atoms with E-state index in [0.29, 0.717) is 27.7 Å². The molecule has 9 heteroatoms. The van der Waals surface area contributed by atoms with E-state index in [1.165, 1.54) is 6.21 Å². The van der Waals surface area contributed by atoms with Crippen LogP contribution < -0.4 is 20.8 Å². The van der Waals surface area contributed by atoms with Crippen molar-refractivity contribution in [2.45, 2.75) is 6.92 Å². The van der Waals surface area contributed by atoms with Gasteiger partial charge in [0.2, 0.25) is 0 Å². The topological polar surface area (TPSA) is 109 Å². The van der Waals surface area contributed by atoms with Crippen LogP contribution in [0, 0.1) is 6.92 Å². The van der Waals surface area contributed by atoms with E-state index >= 15 is 0 Å². The molecule has 0 aliphatic rings. The Morgan fingerprint density at radius 1 is 0.879 bits per heavy atom. The highest BCUT2D eigenvalue weighted by Gasteiger charge is 2.13. The molecule has 0 saturated carbocycles. The second-order valence-electron chi connectivity index (χ2n) is 6.85. The first-order valence-corrected chi connectivity index (χ1v) is 10.3. The molecule has 8 nitrogen and oxygen atoms in total. The summed E-state index contributed by atoms with van der Waals surface area (Å²) >= 11 is 6.01. The van der Waals surface area contributed by atoms with E-state index in [2.05, 4.69) is 21.2 Å². The van der Waals surface area contributed by atoms with E-state index in [1.54, 1.807) is 60.7 Å². The fourth-order valence-corrected chi connectivity index (χ4v) is 2.84. The molecule has 0 aliphatic carbocycles. The van der Waals surface area contributed by atoms with E-state index in [0.717, 1.165) is 5.56 Å². The first-order chi connectivity index (χ1) is 15.9. The number of ether oxygens (including phenoxy) is 1. The van der Waals surface area contributed by atoms with Crippen molar-refractivity contribution in [1.29, 1.82) is 0 Å². The summed E-state index contributed by atoms with van der Waals surface area (Å²) in [6.07, 6.45) is 1.38. The Morgan fingerprint density at radius 3 is 2.24 bits per heavy atom. The number of hydrazone groups is 1. The molecule has 0 saturated heterocycles. The summed E-state index contributed by atoms with van der Waals surface area (Å²) in [6.45, 7) is 1.63. The van der Waals surface area contributed by atoms with Gasteiger partial charge in [0.05, 0.1) is 16.9 Å². The zero-order chi connectivity index (χ0) is 23.6. The van der Waals surface area contributed by atoms with Crippen LogP contribution in [0.1, 0.15) is 11.1 Å². The Morgan fingerprint density at radius 2 is 1.55 bits per heavy atom. The molecule has 3 N–H and O–H groups in total. The van der Waals surface area contributed by atoms with Crippen molar-refractivity contribution in [3.63, 3.8) is 0 Å². The lowest BCUT2D eigenvalue weighted by Gasteiger charge is -2.08. The van der Waals surface area contributed by atoms with Crippen LogP contribution in [0.5, 0.6) is 5.75 Å². The molecule has 0 bridgehead atoms. The van der Waals surface area contributed by atoms with Gasteiger partial charge >= 0.3 is 11.8 Å². The zero-order valence-corrected chi connectivity index (χ0v) is 18.4. The highest BCUT2D eigenvalue weighted by atomic mass is 35.5. The molecule has 0 aliphatic heterocycles. The first kappa shape index (κ1) is 23.5. The number of nitrogens with zero attached hydrogens (tertiary/aromatic N) is 1. The van der Waals surface area contributed by atoms with Gasteiger partial charge in [-0.2, -0.15) is 5.10 Å². The third-order valence-corrected chi connectivity index (χ3v) is 4.71. The summed E-state index contributed by atoms with van der Waals surface area (Å²) in [6, 6.07) is 20.7. The Hall–Kier alpha value is -4.17. The zero-order valence-electron chi connectivity index (χ0n) is 17.7. The van der Waals surface area contributed by atoms with Gasteiger partial charge in [-0.1, -0.05) is 41.9 Å². The largest absolute Gasteiger partial charge is 0.484 e. The second-order valence-corrected chi connectivity index (χ2v) is 7.26. The van der Waals surface area contributed by atoms with Crippen LogP contribution in [0.4, 0.5) is 11.4 Å². The van der Waals surface area contributed by atoms with Crippen LogP contribution in [0.3, 0.4) is 0 Å². The number of hydrogen-bond acceptors (Lipinski definition) is 5. The molecule has 0 aromatic heterocycles. The second kappa shape index (κ2) is 11.4. The van der Waals surface area contributed by atoms with E-state index in [4.69, 9.17) is 16.3 Å². The monoisotopic (exact) mass is 464 g/mol. The van der Waals surface area contributed by atoms with Gasteiger partial charge < -0.3 is 15.4 Å². The third kappa shape index (κ3) is 7.19. The fraction of sp³-hybridized carbons (Fsp3) is 0.0833. The van der Waals surface area contributed by atoms with Gasteiger partial charge in [-0.25, -0.2) is 5.43 Å². The maximum absolute atomic E-state index is 12.0. The molecule has 3 rings (SSSR count). The molecule has 3 amide bonds. The maximum Gasteiger partial charge on any atom is 0.329 e. The highest BCUT2D eigenvalue weighted by Crippen LogP contribution is 2.20. The number of benzene rings is 3. The molecule has 0 atom stereocenters. The van der Waals surface area contributed by atoms with E-state index in [1.807, 2.05) is 19.1 Å². The summed E-state index contributed by atoms with van der Waals surface area (Å²) in [5.41, 5.74) is 4.73. The number of hydrogen-bond donors (Lipinski definition) is 3. The minimum absolute atomic E-state index is 0.190. The van der Waals surface area contributed by atoms with Crippen molar-refractivity contribution in [1.82, 2.24) is 5.43 Å². The van der Waals surface area contributed by atoms with Crippen molar-refractivity contribution in [3.8, 4) is 5.75 Å². The molecule has 168 valence electrons. The summed E-state index contributed by atoms with van der Waals surface area (Å²) < 4.78 is 5.45. The van der Waals surface area contributed by atoms with Crippen LogP contribution in [0.15, 0.2) is 77.9 Å². The molecule has 0 spiro atoms. The Labute approximate surface area is 195 Å². The molecular formula is C24H21ClN4O4. The number of rotatable bonds is 7. The van der Waals surface area contributed by atoms with Crippen LogP contribution in [0.25, 0.3) is 0 Å². The lowest BCUT2D eigenvalue weighted by molar-refractivity contribution is -0.136. The molecular weight excluding hydrogens is 444 g/mol. The lowest BCUT2D eigenvalue weighted by Crippen LogP contribution is -2.32. The molecule has 0 heterocycles. The number of para-hydroxylation sites is 2. The molecule has 3 aromatic rings. The minimum atomic E-state index is -0.890. The maximum atomic E-state index is 12.0. The number of carbonyl (C=O) groups excluding carboxylic acids is 3. The number of halogens is 1. The summed E-state index contributed by atoms with van der Waals surface area (Å²) in [7, 11) is 0. The quantitative estimate of drug-likeness (QED) is 0.281. The molecule has 0 unspecified atom stereocenters. The minimum Gasteiger partial charge on any atom is -0.484 e. The van der Waals surface area contributed by atoms with Gasteiger partial charge in [-0.05, 0) is 60.5 Å². The highest BCUT2D eigenvalue weighted by molar-refractivity contribution is 6.39. The van der Waals surface area contributed by atoms with Crippen LogP contribution in [0.2, 0.25) is 5.02 Å². The number of carbonyl (C=O) groups is 3. The van der Waals surface area contributed by atoms with Crippen LogP contribution >= 0.6 is 11.6 Å². The van der Waals surface area contributed by atoms with Gasteiger partial charge in [0, 0.05) is 5.69 Å². The normalized spacial score (nSPS) is 10.5. The first-order valence-electron chi connectivity index (χ1n) is 9.89. The summed E-state index contributed by atoms with van der Waals surface area (Å²) in [5, 5.41) is 9.42. The van der Waals surface area contributed by atoms with Gasteiger partial charge in [0.15, 0.2) is 6.61 Å². The van der Waals surface area contributed by atoms with Gasteiger partial charge in [-0.15, -0.1) is 0 Å². The summed E-state index contributed by atoms with van der Waals surface area (Å²) in [5.74, 6) is -1.58. The number of nitrogens with one attached hydrogen (secondary N) is 3. The van der Waals surface area contributed by atoms with Gasteiger partial charge in [0.25, 0.3) is 5.91 Å². The van der Waals surface area contributed by atoms with Gasteiger partial charge in [0.1, 0.15) is 5.75 Å². The lowest BCUT2D eigenvalue weighted by atomic mass is 10.2. The Balaban J connectivity index is 1.44. The Kier molecular flexibility index (Phi) is 8.15. The van der Waals surface area contributed by atoms with Crippen molar-refractivity contribution in [2.24, 2.45) is 5.10 Å². The number of amides is 3. The predicted molar refractivity (Wildman–Crippen MR) is 128 cm³/mol. The van der Waals surface area contributed by atoms with Crippen molar-refractivity contribution >= 4 is 46.9 Å². The summed E-state index contributed by atoms with van der Waals surface area (Å²) in [4.78, 5) is 35.9. The standard InChI is InChI=1S/C24H21ClN4O4/c1-16-6-2-4-8-20(16)28-23(31)24(32)29-26-14-17-10-12-18(13-11-17)33-15-22(30)27-21-9-5-3-7-19(21)25/h2-14H,15H2,1H3,(H,27,30)(H,28,31)(H,29,32)/b26-14-. The SMILES string of the molecule is Cc1ccccc1NC(=O)C(=O)N/N=C\c1ccc(OCC(=O)Nc2ccccc2Cl)cc1. The average molecular weight is 465 g/mol. The third-order valence-electron chi connectivity index (χ3n) is 4.38. The fourth-order valence-electron chi connectivity index (χ4n) is 2.66. The van der Waals surface area contributed by atoms with Crippen LogP contribution in [-0.4, -0.2) is 30.5 Å². The van der Waals surface area contributed by atoms with Crippen molar-refractivity contribution < 1.29 is 19.1 Å². The predicted octanol–water partition coefficient (Wildman–Crippen LogP) is 3.75. The van der Waals surface area contributed by atoms with E-state index < -0.39 is 11.8 Å². The van der Waals surface area contributed by atoms with E-state index in [9.17, 15) is 14.4 Å². The molecule has 33 heavy (non-hydrogen) atoms. The Bertz CT molecular complexity index is 1180. The van der Waals surface area contributed by atoms with Crippen molar-refractivity contribution in [3.05, 3.63) is 88.9 Å². The number of anilines is 2. The number of aryl methyl sites for hydroxylation is 1. The van der Waals surface area contributed by atoms with E-state index in [-0.39, 0.29) is 12.5 Å². The van der Waals surface area contributed by atoms with Crippen molar-refractivity contribution in [2.75, 3.05) is 17.2 Å².